The maximum Gasteiger partial charge on any atom is 0.313 e. The van der Waals surface area contributed by atoms with Gasteiger partial charge in [0.1, 0.15) is 0 Å². The maximum absolute atomic E-state index is 11.5. The summed E-state index contributed by atoms with van der Waals surface area (Å²) in [5, 5.41) is 3.29. The highest BCUT2D eigenvalue weighted by Gasteiger charge is 2.31. The summed E-state index contributed by atoms with van der Waals surface area (Å²) in [6.45, 7) is 4.16. The van der Waals surface area contributed by atoms with E-state index in [4.69, 9.17) is 9.47 Å². The number of rotatable bonds is 5. The highest BCUT2D eigenvalue weighted by molar-refractivity contribution is 5.75. The lowest BCUT2D eigenvalue weighted by atomic mass is 9.92. The first-order valence-corrected chi connectivity index (χ1v) is 6.37. The molecule has 0 radical (unpaired) electrons. The molecule has 1 saturated carbocycles. The molecule has 0 heterocycles. The number of nitrogens with one attached hydrogen (secondary N) is 1. The van der Waals surface area contributed by atoms with Crippen LogP contribution in [-0.2, 0) is 14.3 Å². The minimum Gasteiger partial charge on any atom is -0.469 e. The van der Waals surface area contributed by atoms with Gasteiger partial charge in [0.15, 0.2) is 0 Å². The molecule has 100 valence electrons. The van der Waals surface area contributed by atoms with Crippen molar-refractivity contribution in [1.82, 2.24) is 5.32 Å². The van der Waals surface area contributed by atoms with Crippen LogP contribution in [0, 0.1) is 5.41 Å². The van der Waals surface area contributed by atoms with Gasteiger partial charge in [-0.3, -0.25) is 4.79 Å². The molecule has 17 heavy (non-hydrogen) atoms. The van der Waals surface area contributed by atoms with Crippen molar-refractivity contribution in [3.05, 3.63) is 0 Å². The fourth-order valence-electron chi connectivity index (χ4n) is 2.18. The summed E-state index contributed by atoms with van der Waals surface area (Å²) in [6, 6.07) is 0.628. The van der Waals surface area contributed by atoms with Gasteiger partial charge in [0.25, 0.3) is 0 Å². The second-order valence-electron chi connectivity index (χ2n) is 5.45. The Balaban J connectivity index is 2.30. The van der Waals surface area contributed by atoms with Crippen LogP contribution >= 0.6 is 0 Å². The summed E-state index contributed by atoms with van der Waals surface area (Å²) in [6.07, 6.45) is 4.74. The van der Waals surface area contributed by atoms with Gasteiger partial charge in [0.05, 0.1) is 25.2 Å². The average Bonchev–Trinajstić information content (AvgIpc) is 2.36. The first-order chi connectivity index (χ1) is 7.99. The molecule has 0 aromatic carbocycles. The lowest BCUT2D eigenvalue weighted by Crippen LogP contribution is -2.36. The van der Waals surface area contributed by atoms with Crippen molar-refractivity contribution in [3.8, 4) is 0 Å². The Morgan fingerprint density at radius 2 is 1.88 bits per heavy atom. The standard InChI is InChI=1S/C13H25NO3/c1-13(2,12(15)16-4)9-17-11-7-5-10(14-3)6-8-11/h10-11,14H,5-9H2,1-4H3. The van der Waals surface area contributed by atoms with E-state index in [0.29, 0.717) is 18.8 Å². The Kier molecular flexibility index (Phi) is 5.40. The van der Waals surface area contributed by atoms with E-state index in [2.05, 4.69) is 5.32 Å². The fourth-order valence-corrected chi connectivity index (χ4v) is 2.18. The van der Waals surface area contributed by atoms with Crippen LogP contribution in [0.25, 0.3) is 0 Å². The maximum atomic E-state index is 11.5. The first-order valence-electron chi connectivity index (χ1n) is 6.37. The number of hydrogen-bond donors (Lipinski definition) is 1. The molecule has 0 spiro atoms. The van der Waals surface area contributed by atoms with Crippen LogP contribution in [0.4, 0.5) is 0 Å². The molecule has 0 bridgehead atoms. The summed E-state index contributed by atoms with van der Waals surface area (Å²) < 4.78 is 10.6. The predicted molar refractivity (Wildman–Crippen MR) is 66.9 cm³/mol. The van der Waals surface area contributed by atoms with E-state index in [1.807, 2.05) is 20.9 Å². The van der Waals surface area contributed by atoms with Crippen LogP contribution in [0.2, 0.25) is 0 Å². The van der Waals surface area contributed by atoms with Crippen LogP contribution in [0.1, 0.15) is 39.5 Å². The monoisotopic (exact) mass is 243 g/mol. The molecule has 1 aliphatic rings. The van der Waals surface area contributed by atoms with Gasteiger partial charge in [-0.1, -0.05) is 0 Å². The van der Waals surface area contributed by atoms with Gasteiger partial charge in [-0.2, -0.15) is 0 Å². The third kappa shape index (κ3) is 4.28. The third-order valence-electron chi connectivity index (χ3n) is 3.50. The Morgan fingerprint density at radius 3 is 2.35 bits per heavy atom. The molecule has 0 unspecified atom stereocenters. The van der Waals surface area contributed by atoms with Crippen molar-refractivity contribution < 1.29 is 14.3 Å². The van der Waals surface area contributed by atoms with Gasteiger partial charge in [-0.25, -0.2) is 0 Å². The molecule has 0 saturated heterocycles. The molecular formula is C13H25NO3. The number of methoxy groups -OCH3 is 1. The molecule has 4 nitrogen and oxygen atoms in total. The Bertz CT molecular complexity index is 245. The van der Waals surface area contributed by atoms with Crippen molar-refractivity contribution in [2.45, 2.75) is 51.7 Å². The number of carbonyl (C=O) groups is 1. The lowest BCUT2D eigenvalue weighted by molar-refractivity contribution is -0.156. The van der Waals surface area contributed by atoms with Crippen molar-refractivity contribution in [2.75, 3.05) is 20.8 Å². The summed E-state index contributed by atoms with van der Waals surface area (Å²) in [4.78, 5) is 11.5. The van der Waals surface area contributed by atoms with Crippen molar-refractivity contribution >= 4 is 5.97 Å². The zero-order valence-electron chi connectivity index (χ0n) is 11.4. The fraction of sp³-hybridized carbons (Fsp3) is 0.923. The molecule has 4 heteroatoms. The van der Waals surface area contributed by atoms with E-state index in [0.717, 1.165) is 25.7 Å². The highest BCUT2D eigenvalue weighted by atomic mass is 16.5. The van der Waals surface area contributed by atoms with Crippen LogP contribution in [0.5, 0.6) is 0 Å². The second kappa shape index (κ2) is 6.36. The van der Waals surface area contributed by atoms with Gasteiger partial charge in [0, 0.05) is 6.04 Å². The Hall–Kier alpha value is -0.610. The van der Waals surface area contributed by atoms with Crippen molar-refractivity contribution in [3.63, 3.8) is 0 Å². The molecule has 1 aliphatic carbocycles. The van der Waals surface area contributed by atoms with Crippen LogP contribution in [0.3, 0.4) is 0 Å². The summed E-state index contributed by atoms with van der Waals surface area (Å²) in [7, 11) is 3.43. The van der Waals surface area contributed by atoms with E-state index in [1.165, 1.54) is 7.11 Å². The predicted octanol–water partition coefficient (Wildman–Crippen LogP) is 1.73. The van der Waals surface area contributed by atoms with Gasteiger partial charge in [0.2, 0.25) is 0 Å². The van der Waals surface area contributed by atoms with Gasteiger partial charge in [-0.05, 0) is 46.6 Å². The molecule has 0 aromatic rings. The number of hydrogen-bond acceptors (Lipinski definition) is 4. The van der Waals surface area contributed by atoms with E-state index in [-0.39, 0.29) is 5.97 Å². The highest BCUT2D eigenvalue weighted by Crippen LogP contribution is 2.24. The number of carbonyl (C=O) groups excluding carboxylic acids is 1. The molecule has 0 aromatic heterocycles. The van der Waals surface area contributed by atoms with E-state index >= 15 is 0 Å². The van der Waals surface area contributed by atoms with Gasteiger partial charge < -0.3 is 14.8 Å². The van der Waals surface area contributed by atoms with Crippen molar-refractivity contribution in [2.24, 2.45) is 5.41 Å². The van der Waals surface area contributed by atoms with Crippen molar-refractivity contribution in [1.29, 1.82) is 0 Å². The summed E-state index contributed by atoms with van der Waals surface area (Å²) in [5.41, 5.74) is -0.547. The topological polar surface area (TPSA) is 47.6 Å². The molecule has 0 amide bonds. The number of esters is 1. The first kappa shape index (κ1) is 14.5. The molecule has 1 rings (SSSR count). The summed E-state index contributed by atoms with van der Waals surface area (Å²) >= 11 is 0. The largest absolute Gasteiger partial charge is 0.469 e. The second-order valence-corrected chi connectivity index (χ2v) is 5.45. The normalized spacial score (nSPS) is 25.6. The summed E-state index contributed by atoms with van der Waals surface area (Å²) in [5.74, 6) is -0.207. The van der Waals surface area contributed by atoms with E-state index in [9.17, 15) is 4.79 Å². The molecule has 0 atom stereocenters. The van der Waals surface area contributed by atoms with Crippen LogP contribution in [-0.4, -0.2) is 38.9 Å². The van der Waals surface area contributed by atoms with Crippen LogP contribution in [0.15, 0.2) is 0 Å². The molecular weight excluding hydrogens is 218 g/mol. The average molecular weight is 243 g/mol. The minimum absolute atomic E-state index is 0.207. The minimum atomic E-state index is -0.547. The Morgan fingerprint density at radius 1 is 1.29 bits per heavy atom. The third-order valence-corrected chi connectivity index (χ3v) is 3.50. The Labute approximate surface area is 104 Å². The lowest BCUT2D eigenvalue weighted by Gasteiger charge is -2.30. The molecule has 0 aliphatic heterocycles. The van der Waals surface area contributed by atoms with Gasteiger partial charge >= 0.3 is 5.97 Å². The van der Waals surface area contributed by atoms with E-state index < -0.39 is 5.41 Å². The zero-order valence-corrected chi connectivity index (χ0v) is 11.4. The molecule has 1 fully saturated rings. The van der Waals surface area contributed by atoms with E-state index in [1.54, 1.807) is 0 Å². The van der Waals surface area contributed by atoms with Crippen LogP contribution < -0.4 is 5.32 Å². The van der Waals surface area contributed by atoms with Gasteiger partial charge in [-0.15, -0.1) is 0 Å². The SMILES string of the molecule is CNC1CCC(OCC(C)(C)C(=O)OC)CC1. The number of ether oxygens (including phenoxy) is 2. The quantitative estimate of drug-likeness (QED) is 0.747. The zero-order chi connectivity index (χ0) is 12.9. The smallest absolute Gasteiger partial charge is 0.313 e. The molecule has 1 N–H and O–H groups in total.